The summed E-state index contributed by atoms with van der Waals surface area (Å²) in [5, 5.41) is 8.33. The van der Waals surface area contributed by atoms with Crippen LogP contribution in [0.4, 0.5) is 5.82 Å². The van der Waals surface area contributed by atoms with E-state index in [-0.39, 0.29) is 0 Å². The summed E-state index contributed by atoms with van der Waals surface area (Å²) in [6, 6.07) is 0. The first-order valence-electron chi connectivity index (χ1n) is 4.62. The van der Waals surface area contributed by atoms with E-state index in [0.717, 1.165) is 23.1 Å². The number of nitrogens with zero attached hydrogens (tertiary/aromatic N) is 4. The normalized spacial score (nSPS) is 10.8. The van der Waals surface area contributed by atoms with E-state index in [1.54, 1.807) is 4.68 Å². The van der Waals surface area contributed by atoms with E-state index in [4.69, 9.17) is 5.73 Å². The number of aromatic nitrogens is 4. The molecule has 0 unspecified atom stereocenters. The van der Waals surface area contributed by atoms with Gasteiger partial charge in [0.15, 0.2) is 5.82 Å². The van der Waals surface area contributed by atoms with Crippen LogP contribution >= 0.6 is 15.9 Å². The molecule has 2 N–H and O–H groups in total. The van der Waals surface area contributed by atoms with Crippen molar-refractivity contribution in [2.24, 2.45) is 0 Å². The first-order valence-corrected chi connectivity index (χ1v) is 5.42. The third-order valence-electron chi connectivity index (χ3n) is 2.06. The maximum absolute atomic E-state index is 5.61. The number of hydrogen-bond donors (Lipinski definition) is 1. The Morgan fingerprint density at radius 2 is 2.07 bits per heavy atom. The minimum Gasteiger partial charge on any atom is -0.381 e. The largest absolute Gasteiger partial charge is 0.381 e. The Labute approximate surface area is 96.0 Å². The molecule has 6 heteroatoms. The standard InChI is InChI=1S/C9H12BrN5/c1-7-4-12-14(5-7)2-3-15-6-8(10)9(11)13-15/h4-6H,2-3H2,1H3,(H2,11,13). The molecule has 0 amide bonds. The molecule has 0 saturated heterocycles. The minimum absolute atomic E-state index is 0.520. The smallest absolute Gasteiger partial charge is 0.159 e. The van der Waals surface area contributed by atoms with E-state index in [1.807, 2.05) is 30.2 Å². The van der Waals surface area contributed by atoms with Crippen molar-refractivity contribution in [3.63, 3.8) is 0 Å². The number of halogens is 1. The molecule has 0 bridgehead atoms. The van der Waals surface area contributed by atoms with E-state index < -0.39 is 0 Å². The Morgan fingerprint density at radius 1 is 1.33 bits per heavy atom. The van der Waals surface area contributed by atoms with Gasteiger partial charge in [-0.2, -0.15) is 10.2 Å². The van der Waals surface area contributed by atoms with Gasteiger partial charge in [-0.1, -0.05) is 0 Å². The lowest BCUT2D eigenvalue weighted by molar-refractivity contribution is 0.501. The molecule has 0 aromatic carbocycles. The zero-order valence-electron chi connectivity index (χ0n) is 8.39. The summed E-state index contributed by atoms with van der Waals surface area (Å²) in [7, 11) is 0. The van der Waals surface area contributed by atoms with Crippen LogP contribution in [-0.2, 0) is 13.1 Å². The molecule has 5 nitrogen and oxygen atoms in total. The van der Waals surface area contributed by atoms with Crippen LogP contribution in [0, 0.1) is 6.92 Å². The number of nitrogens with two attached hydrogens (primary N) is 1. The second-order valence-corrected chi connectivity index (χ2v) is 4.26. The maximum atomic E-state index is 5.61. The second kappa shape index (κ2) is 4.06. The molecule has 0 atom stereocenters. The minimum atomic E-state index is 0.520. The van der Waals surface area contributed by atoms with Gasteiger partial charge in [-0.15, -0.1) is 0 Å². The van der Waals surface area contributed by atoms with Crippen molar-refractivity contribution in [1.29, 1.82) is 0 Å². The van der Waals surface area contributed by atoms with E-state index in [2.05, 4.69) is 26.1 Å². The maximum Gasteiger partial charge on any atom is 0.159 e. The van der Waals surface area contributed by atoms with E-state index >= 15 is 0 Å². The summed E-state index contributed by atoms with van der Waals surface area (Å²) in [6.07, 6.45) is 5.71. The van der Waals surface area contributed by atoms with Crippen LogP contribution in [0.25, 0.3) is 0 Å². The number of hydrogen-bond acceptors (Lipinski definition) is 3. The molecule has 2 heterocycles. The molecule has 0 aliphatic rings. The van der Waals surface area contributed by atoms with Gasteiger partial charge in [-0.25, -0.2) is 0 Å². The highest BCUT2D eigenvalue weighted by Gasteiger charge is 2.02. The van der Waals surface area contributed by atoms with Crippen molar-refractivity contribution < 1.29 is 0 Å². The summed E-state index contributed by atoms with van der Waals surface area (Å²) in [6.45, 7) is 3.57. The lowest BCUT2D eigenvalue weighted by atomic mass is 10.4. The fourth-order valence-corrected chi connectivity index (χ4v) is 1.64. The van der Waals surface area contributed by atoms with Gasteiger partial charge in [-0.05, 0) is 28.4 Å². The number of nitrogen functional groups attached to an aromatic ring is 1. The van der Waals surface area contributed by atoms with Gasteiger partial charge in [-0.3, -0.25) is 9.36 Å². The van der Waals surface area contributed by atoms with Crippen molar-refractivity contribution in [2.45, 2.75) is 20.0 Å². The summed E-state index contributed by atoms with van der Waals surface area (Å²) in [5.41, 5.74) is 6.78. The quantitative estimate of drug-likeness (QED) is 0.917. The average Bonchev–Trinajstić information content (AvgIpc) is 2.72. The average molecular weight is 270 g/mol. The highest BCUT2D eigenvalue weighted by Crippen LogP contribution is 2.15. The second-order valence-electron chi connectivity index (χ2n) is 3.41. The highest BCUT2D eigenvalue weighted by molar-refractivity contribution is 9.10. The van der Waals surface area contributed by atoms with Crippen LogP contribution in [0.1, 0.15) is 5.56 Å². The van der Waals surface area contributed by atoms with Gasteiger partial charge in [0, 0.05) is 12.4 Å². The molecule has 0 radical (unpaired) electrons. The molecule has 0 spiro atoms. The van der Waals surface area contributed by atoms with Gasteiger partial charge in [0.1, 0.15) is 0 Å². The van der Waals surface area contributed by atoms with Gasteiger partial charge in [0.05, 0.1) is 23.8 Å². The molecule has 0 aliphatic carbocycles. The molecule has 2 aromatic rings. The summed E-state index contributed by atoms with van der Waals surface area (Å²) in [5.74, 6) is 0.520. The van der Waals surface area contributed by atoms with Crippen molar-refractivity contribution in [3.05, 3.63) is 28.6 Å². The van der Waals surface area contributed by atoms with E-state index in [0.29, 0.717) is 5.82 Å². The van der Waals surface area contributed by atoms with Gasteiger partial charge >= 0.3 is 0 Å². The van der Waals surface area contributed by atoms with Crippen LogP contribution in [0.2, 0.25) is 0 Å². The van der Waals surface area contributed by atoms with Crippen molar-refractivity contribution in [2.75, 3.05) is 5.73 Å². The van der Waals surface area contributed by atoms with Gasteiger partial charge < -0.3 is 5.73 Å². The van der Waals surface area contributed by atoms with Gasteiger partial charge in [0.25, 0.3) is 0 Å². The number of rotatable bonds is 3. The molecule has 15 heavy (non-hydrogen) atoms. The Balaban J connectivity index is 1.99. The molecule has 2 aromatic heterocycles. The Kier molecular flexibility index (Phi) is 2.77. The third kappa shape index (κ3) is 2.38. The Morgan fingerprint density at radius 3 is 2.60 bits per heavy atom. The fourth-order valence-electron chi connectivity index (χ4n) is 1.32. The number of aryl methyl sites for hydroxylation is 3. The van der Waals surface area contributed by atoms with Gasteiger partial charge in [0.2, 0.25) is 0 Å². The Bertz CT molecular complexity index is 439. The van der Waals surface area contributed by atoms with E-state index in [1.165, 1.54) is 0 Å². The number of anilines is 1. The topological polar surface area (TPSA) is 61.7 Å². The SMILES string of the molecule is Cc1cnn(CCn2cc(Br)c(N)n2)c1. The lowest BCUT2D eigenvalue weighted by Gasteiger charge is -2.01. The molecule has 80 valence electrons. The molecular weight excluding hydrogens is 258 g/mol. The van der Waals surface area contributed by atoms with Crippen molar-refractivity contribution in [1.82, 2.24) is 19.6 Å². The lowest BCUT2D eigenvalue weighted by Crippen LogP contribution is -2.08. The predicted octanol–water partition coefficient (Wildman–Crippen LogP) is 1.43. The fraction of sp³-hybridized carbons (Fsp3) is 0.333. The van der Waals surface area contributed by atoms with Crippen LogP contribution in [0.5, 0.6) is 0 Å². The van der Waals surface area contributed by atoms with Crippen molar-refractivity contribution in [3.8, 4) is 0 Å². The van der Waals surface area contributed by atoms with Crippen LogP contribution in [0.15, 0.2) is 23.1 Å². The highest BCUT2D eigenvalue weighted by atomic mass is 79.9. The van der Waals surface area contributed by atoms with Crippen molar-refractivity contribution >= 4 is 21.7 Å². The molecule has 2 rings (SSSR count). The predicted molar refractivity (Wildman–Crippen MR) is 61.3 cm³/mol. The van der Waals surface area contributed by atoms with E-state index in [9.17, 15) is 0 Å². The first kappa shape index (κ1) is 10.2. The molecule has 0 aliphatic heterocycles. The first-order chi connectivity index (χ1) is 7.15. The van der Waals surface area contributed by atoms with Crippen LogP contribution in [-0.4, -0.2) is 19.6 Å². The molecule has 0 saturated carbocycles. The zero-order chi connectivity index (χ0) is 10.8. The van der Waals surface area contributed by atoms with Crippen LogP contribution < -0.4 is 5.73 Å². The monoisotopic (exact) mass is 269 g/mol. The summed E-state index contributed by atoms with van der Waals surface area (Å²) < 4.78 is 4.52. The van der Waals surface area contributed by atoms with Crippen LogP contribution in [0.3, 0.4) is 0 Å². The summed E-state index contributed by atoms with van der Waals surface area (Å²) in [4.78, 5) is 0. The third-order valence-corrected chi connectivity index (χ3v) is 2.67. The zero-order valence-corrected chi connectivity index (χ0v) is 9.98. The Hall–Kier alpha value is -1.30. The molecule has 0 fully saturated rings. The molecular formula is C9H12BrN5. The summed E-state index contributed by atoms with van der Waals surface area (Å²) >= 11 is 3.32.